The van der Waals surface area contributed by atoms with E-state index < -0.39 is 17.6 Å². The van der Waals surface area contributed by atoms with Crippen LogP contribution < -0.4 is 19.5 Å². The van der Waals surface area contributed by atoms with Crippen LogP contribution in [0.5, 0.6) is 17.2 Å². The molecule has 1 amide bonds. The highest BCUT2D eigenvalue weighted by atomic mass is 19.1. The molecule has 1 N–H and O–H groups in total. The molecule has 0 aliphatic carbocycles. The first-order chi connectivity index (χ1) is 14.5. The fourth-order valence-electron chi connectivity index (χ4n) is 3.74. The largest absolute Gasteiger partial charge is 0.493 e. The highest BCUT2D eigenvalue weighted by Crippen LogP contribution is 2.47. The van der Waals surface area contributed by atoms with Gasteiger partial charge in [-0.15, -0.1) is 0 Å². The fourth-order valence-corrected chi connectivity index (χ4v) is 3.74. The van der Waals surface area contributed by atoms with E-state index in [0.717, 1.165) is 18.2 Å². The van der Waals surface area contributed by atoms with E-state index in [-0.39, 0.29) is 18.0 Å². The van der Waals surface area contributed by atoms with Crippen LogP contribution in [0.2, 0.25) is 0 Å². The first-order valence-electron chi connectivity index (χ1n) is 9.09. The Morgan fingerprint density at radius 3 is 2.37 bits per heavy atom. The summed E-state index contributed by atoms with van der Waals surface area (Å²) in [4.78, 5) is 16.9. The summed E-state index contributed by atoms with van der Waals surface area (Å²) >= 11 is 0. The second-order valence-corrected chi connectivity index (χ2v) is 6.70. The van der Waals surface area contributed by atoms with Crippen molar-refractivity contribution in [2.45, 2.75) is 12.3 Å². The number of rotatable bonds is 5. The number of nitrogens with zero attached hydrogens (tertiary/aromatic N) is 2. The predicted octanol–water partition coefficient (Wildman–Crippen LogP) is 3.65. The number of aromatic nitrogens is 2. The normalized spacial score (nSPS) is 15.4. The lowest BCUT2D eigenvalue weighted by molar-refractivity contribution is -0.116. The van der Waals surface area contributed by atoms with Gasteiger partial charge in [-0.25, -0.2) is 13.8 Å². The molecule has 1 aliphatic rings. The Morgan fingerprint density at radius 1 is 1.03 bits per heavy atom. The number of amides is 1. The lowest BCUT2D eigenvalue weighted by Crippen LogP contribution is -2.25. The number of anilines is 1. The highest BCUT2D eigenvalue weighted by Gasteiger charge is 2.34. The Morgan fingerprint density at radius 2 is 1.73 bits per heavy atom. The Hall–Kier alpha value is -3.62. The number of imidazole rings is 1. The summed E-state index contributed by atoms with van der Waals surface area (Å²) in [6.07, 6.45) is 1.54. The van der Waals surface area contributed by atoms with E-state index in [1.54, 1.807) is 12.1 Å². The third kappa shape index (κ3) is 3.22. The molecule has 0 spiro atoms. The van der Waals surface area contributed by atoms with Crippen LogP contribution in [0, 0.1) is 11.6 Å². The number of methoxy groups -OCH3 is 3. The van der Waals surface area contributed by atoms with Crippen LogP contribution in [0.3, 0.4) is 0 Å². The maximum Gasteiger partial charge on any atom is 0.226 e. The third-order valence-corrected chi connectivity index (χ3v) is 5.01. The monoisotopic (exact) mass is 415 g/mol. The summed E-state index contributed by atoms with van der Waals surface area (Å²) in [7, 11) is 4.51. The molecule has 30 heavy (non-hydrogen) atoms. The van der Waals surface area contributed by atoms with E-state index in [9.17, 15) is 13.6 Å². The molecule has 9 heteroatoms. The summed E-state index contributed by atoms with van der Waals surface area (Å²) in [6, 6.07) is 6.62. The molecule has 0 bridgehead atoms. The van der Waals surface area contributed by atoms with Crippen molar-refractivity contribution in [2.24, 2.45) is 0 Å². The maximum absolute atomic E-state index is 13.7. The summed E-state index contributed by atoms with van der Waals surface area (Å²) < 4.78 is 45.2. The van der Waals surface area contributed by atoms with Crippen LogP contribution >= 0.6 is 0 Å². The highest BCUT2D eigenvalue weighted by molar-refractivity contribution is 5.94. The molecule has 0 fully saturated rings. The lowest BCUT2D eigenvalue weighted by atomic mass is 9.88. The molecule has 4 rings (SSSR count). The summed E-state index contributed by atoms with van der Waals surface area (Å²) in [5.41, 5.74) is 1.44. The van der Waals surface area contributed by atoms with E-state index in [2.05, 4.69) is 10.3 Å². The second kappa shape index (κ2) is 7.66. The smallest absolute Gasteiger partial charge is 0.226 e. The third-order valence-electron chi connectivity index (χ3n) is 5.01. The Labute approximate surface area is 171 Å². The molecule has 3 aromatic rings. The standard InChI is InChI=1S/C21H19F2N3O4/c1-28-16-5-4-14(19(29-2)20(16)30-3)15-9-17(27)25-21-18(15)24-10-26(21)13-7-11(22)6-12(23)8-13/h4-8,10,15H,9H2,1-3H3,(H,25,27)/t15-/m0/s1. The lowest BCUT2D eigenvalue weighted by Gasteiger charge is -2.25. The number of hydrogen-bond donors (Lipinski definition) is 1. The average Bonchev–Trinajstić information content (AvgIpc) is 3.14. The molecule has 1 atom stereocenters. The van der Waals surface area contributed by atoms with Crippen LogP contribution in [-0.2, 0) is 4.79 Å². The molecule has 156 valence electrons. The molecule has 0 unspecified atom stereocenters. The minimum atomic E-state index is -0.729. The fraction of sp³-hybridized carbons (Fsp3) is 0.238. The van der Waals surface area contributed by atoms with Gasteiger partial charge in [-0.2, -0.15) is 0 Å². The van der Waals surface area contributed by atoms with Gasteiger partial charge in [0.1, 0.15) is 23.8 Å². The predicted molar refractivity (Wildman–Crippen MR) is 105 cm³/mol. The number of halogens is 2. The molecule has 7 nitrogen and oxygen atoms in total. The number of benzene rings is 2. The number of carbonyl (C=O) groups excluding carboxylic acids is 1. The van der Waals surface area contributed by atoms with Gasteiger partial charge in [0.05, 0.1) is 32.7 Å². The Balaban J connectivity index is 1.87. The quantitative estimate of drug-likeness (QED) is 0.689. The molecule has 0 saturated heterocycles. The number of fused-ring (bicyclic) bond motifs is 1. The molecule has 2 aromatic carbocycles. The zero-order chi connectivity index (χ0) is 21.4. The van der Waals surface area contributed by atoms with Gasteiger partial charge in [-0.1, -0.05) is 6.07 Å². The van der Waals surface area contributed by atoms with Crippen LogP contribution in [0.1, 0.15) is 23.6 Å². The van der Waals surface area contributed by atoms with E-state index in [4.69, 9.17) is 14.2 Å². The van der Waals surface area contributed by atoms with Crippen molar-refractivity contribution in [1.82, 2.24) is 9.55 Å². The van der Waals surface area contributed by atoms with Gasteiger partial charge >= 0.3 is 0 Å². The van der Waals surface area contributed by atoms with Gasteiger partial charge in [0.2, 0.25) is 11.7 Å². The zero-order valence-electron chi connectivity index (χ0n) is 16.5. The van der Waals surface area contributed by atoms with Gasteiger partial charge in [-0.3, -0.25) is 9.36 Å². The van der Waals surface area contributed by atoms with Crippen molar-refractivity contribution in [1.29, 1.82) is 0 Å². The van der Waals surface area contributed by atoms with Crippen LogP contribution in [0.25, 0.3) is 5.69 Å². The van der Waals surface area contributed by atoms with Gasteiger partial charge in [0, 0.05) is 24.0 Å². The average molecular weight is 415 g/mol. The molecular weight excluding hydrogens is 396 g/mol. The van der Waals surface area contributed by atoms with Gasteiger partial charge < -0.3 is 19.5 Å². The molecule has 1 aromatic heterocycles. The van der Waals surface area contributed by atoms with Crippen molar-refractivity contribution >= 4 is 11.7 Å². The molecule has 2 heterocycles. The Kier molecular flexibility index (Phi) is 5.03. The molecule has 1 aliphatic heterocycles. The van der Waals surface area contributed by atoms with Gasteiger partial charge in [0.15, 0.2) is 11.5 Å². The maximum atomic E-state index is 13.7. The SMILES string of the molecule is COc1ccc([C@@H]2CC(=O)Nc3c2ncn3-c2cc(F)cc(F)c2)c(OC)c1OC. The van der Waals surface area contributed by atoms with E-state index in [0.29, 0.717) is 34.3 Å². The van der Waals surface area contributed by atoms with E-state index in [1.165, 1.54) is 32.2 Å². The minimum Gasteiger partial charge on any atom is -0.493 e. The topological polar surface area (TPSA) is 74.6 Å². The first-order valence-corrected chi connectivity index (χ1v) is 9.09. The molecule has 0 radical (unpaired) electrons. The molecule has 0 saturated carbocycles. The van der Waals surface area contributed by atoms with Crippen molar-refractivity contribution in [3.05, 3.63) is 59.6 Å². The van der Waals surface area contributed by atoms with Gasteiger partial charge in [-0.05, 0) is 18.2 Å². The number of ether oxygens (including phenoxy) is 3. The van der Waals surface area contributed by atoms with Gasteiger partial charge in [0.25, 0.3) is 0 Å². The number of nitrogens with one attached hydrogen (secondary N) is 1. The van der Waals surface area contributed by atoms with E-state index >= 15 is 0 Å². The second-order valence-electron chi connectivity index (χ2n) is 6.70. The minimum absolute atomic E-state index is 0.118. The van der Waals surface area contributed by atoms with E-state index in [1.807, 2.05) is 0 Å². The van der Waals surface area contributed by atoms with Crippen LogP contribution in [0.4, 0.5) is 14.6 Å². The number of hydrogen-bond acceptors (Lipinski definition) is 5. The van der Waals surface area contributed by atoms with Crippen LogP contribution in [-0.4, -0.2) is 36.8 Å². The zero-order valence-corrected chi connectivity index (χ0v) is 16.5. The van der Waals surface area contributed by atoms with Crippen molar-refractivity contribution in [2.75, 3.05) is 26.6 Å². The van der Waals surface area contributed by atoms with Crippen molar-refractivity contribution in [3.63, 3.8) is 0 Å². The molecular formula is C21H19F2N3O4. The first kappa shape index (κ1) is 19.7. The van der Waals surface area contributed by atoms with Crippen LogP contribution in [0.15, 0.2) is 36.7 Å². The Bertz CT molecular complexity index is 1110. The van der Waals surface area contributed by atoms with Crippen molar-refractivity contribution in [3.8, 4) is 22.9 Å². The summed E-state index contributed by atoms with van der Waals surface area (Å²) in [5, 5.41) is 2.75. The number of carbonyl (C=O) groups is 1. The van der Waals surface area contributed by atoms with Crippen molar-refractivity contribution < 1.29 is 27.8 Å². The summed E-state index contributed by atoms with van der Waals surface area (Å²) in [6.45, 7) is 0. The summed E-state index contributed by atoms with van der Waals surface area (Å²) in [5.74, 6) is -0.519.